The van der Waals surface area contributed by atoms with Crippen molar-refractivity contribution in [2.45, 2.75) is 31.9 Å². The minimum absolute atomic E-state index is 0.0697. The van der Waals surface area contributed by atoms with E-state index < -0.39 is 28.3 Å². The first-order valence-electron chi connectivity index (χ1n) is 11.5. The van der Waals surface area contributed by atoms with E-state index in [1.165, 1.54) is 0 Å². The fourth-order valence-electron chi connectivity index (χ4n) is 3.47. The van der Waals surface area contributed by atoms with Crippen molar-refractivity contribution in [1.82, 2.24) is 10.0 Å². The maximum Gasteiger partial charge on any atom is 0.408 e. The van der Waals surface area contributed by atoms with Gasteiger partial charge in [0.2, 0.25) is 5.91 Å². The highest BCUT2D eigenvalue weighted by molar-refractivity contribution is 7.87. The number of rotatable bonds is 12. The number of ether oxygens (including phenoxy) is 1. The highest BCUT2D eigenvalue weighted by Crippen LogP contribution is 2.21. The number of carbonyl (C=O) groups excluding carboxylic acids is 2. The smallest absolute Gasteiger partial charge is 0.408 e. The third-order valence-corrected chi connectivity index (χ3v) is 5.91. The lowest BCUT2D eigenvalue weighted by atomic mass is 10.1. The monoisotopic (exact) mass is 510 g/mol. The summed E-state index contributed by atoms with van der Waals surface area (Å²) in [4.78, 5) is 25.4. The van der Waals surface area contributed by atoms with E-state index in [1.807, 2.05) is 72.8 Å². The van der Waals surface area contributed by atoms with E-state index in [0.29, 0.717) is 18.5 Å². The number of alkyl carbamates (subject to hydrolysis) is 1. The molecular weight excluding hydrogens is 480 g/mol. The summed E-state index contributed by atoms with van der Waals surface area (Å²) in [5.74, 6) is -0.404. The first-order valence-corrected chi connectivity index (χ1v) is 13.1. The maximum atomic E-state index is 13.0. The molecule has 9 nitrogen and oxygen atoms in total. The van der Waals surface area contributed by atoms with Crippen molar-refractivity contribution in [3.05, 3.63) is 90.5 Å². The lowest BCUT2D eigenvalue weighted by Gasteiger charge is -2.19. The number of nitrogens with one attached hydrogen (secondary N) is 3. The number of unbranched alkanes of at least 4 members (excludes halogenated alkanes) is 1. The average molecular weight is 511 g/mol. The Morgan fingerprint density at radius 1 is 0.833 bits per heavy atom. The molecule has 36 heavy (non-hydrogen) atoms. The Balaban J connectivity index is 1.59. The predicted molar refractivity (Wildman–Crippen MR) is 139 cm³/mol. The van der Waals surface area contributed by atoms with Crippen molar-refractivity contribution in [1.29, 1.82) is 0 Å². The Morgan fingerprint density at radius 3 is 2.08 bits per heavy atom. The van der Waals surface area contributed by atoms with Crippen LogP contribution in [0.3, 0.4) is 0 Å². The van der Waals surface area contributed by atoms with Gasteiger partial charge in [0.05, 0.1) is 0 Å². The summed E-state index contributed by atoms with van der Waals surface area (Å²) in [7, 11) is -3.78. The third kappa shape index (κ3) is 9.49. The van der Waals surface area contributed by atoms with Crippen LogP contribution in [-0.4, -0.2) is 33.0 Å². The molecule has 5 N–H and O–H groups in total. The Bertz CT molecular complexity index is 1220. The van der Waals surface area contributed by atoms with Crippen LogP contribution >= 0.6 is 0 Å². The number of amides is 2. The molecule has 0 aliphatic heterocycles. The molecule has 3 aromatic carbocycles. The van der Waals surface area contributed by atoms with E-state index in [2.05, 4.69) is 15.4 Å². The van der Waals surface area contributed by atoms with Gasteiger partial charge in [-0.05, 0) is 48.1 Å². The molecular formula is C26H30N4O5S. The first kappa shape index (κ1) is 26.9. The van der Waals surface area contributed by atoms with Crippen LogP contribution in [0, 0.1) is 0 Å². The molecule has 0 saturated carbocycles. The molecule has 10 heteroatoms. The minimum atomic E-state index is -3.78. The van der Waals surface area contributed by atoms with Gasteiger partial charge in [-0.15, -0.1) is 0 Å². The highest BCUT2D eigenvalue weighted by atomic mass is 32.2. The standard InChI is InChI=1S/C26H30N4O5S/c27-36(33,34)28-18-8-7-13-24(30-26(32)35-19-20-9-3-1-4-10-20)25(31)29-23-16-14-22(15-17-23)21-11-5-2-6-12-21/h1-6,9-12,14-17,24,28H,7-8,13,18-19H2,(H,29,31)(H,30,32)(H2,27,33,34)/t24-/m1/s1. The zero-order valence-electron chi connectivity index (χ0n) is 19.7. The molecule has 0 radical (unpaired) electrons. The molecule has 2 amide bonds. The van der Waals surface area contributed by atoms with Crippen molar-refractivity contribution in [2.75, 3.05) is 11.9 Å². The van der Waals surface area contributed by atoms with Crippen molar-refractivity contribution in [2.24, 2.45) is 5.14 Å². The Kier molecular flexibility index (Phi) is 9.99. The van der Waals surface area contributed by atoms with Crippen LogP contribution in [0.4, 0.5) is 10.5 Å². The van der Waals surface area contributed by atoms with E-state index in [-0.39, 0.29) is 19.6 Å². The molecule has 0 saturated heterocycles. The van der Waals surface area contributed by atoms with E-state index in [4.69, 9.17) is 9.88 Å². The van der Waals surface area contributed by atoms with Crippen LogP contribution in [0.25, 0.3) is 11.1 Å². The van der Waals surface area contributed by atoms with Gasteiger partial charge in [-0.25, -0.2) is 14.7 Å². The summed E-state index contributed by atoms with van der Waals surface area (Å²) in [6.07, 6.45) is 0.459. The number of anilines is 1. The van der Waals surface area contributed by atoms with Crippen LogP contribution in [0.2, 0.25) is 0 Å². The average Bonchev–Trinajstić information content (AvgIpc) is 2.87. The summed E-state index contributed by atoms with van der Waals surface area (Å²) in [6.45, 7) is 0.201. The van der Waals surface area contributed by atoms with E-state index in [0.717, 1.165) is 16.7 Å². The molecule has 3 rings (SSSR count). The second kappa shape index (κ2) is 13.4. The van der Waals surface area contributed by atoms with Gasteiger partial charge in [-0.3, -0.25) is 4.79 Å². The maximum absolute atomic E-state index is 13.0. The Labute approximate surface area is 211 Å². The highest BCUT2D eigenvalue weighted by Gasteiger charge is 2.21. The van der Waals surface area contributed by atoms with Crippen molar-refractivity contribution >= 4 is 27.9 Å². The van der Waals surface area contributed by atoms with Crippen molar-refractivity contribution in [3.63, 3.8) is 0 Å². The molecule has 0 aromatic heterocycles. The number of nitrogens with two attached hydrogens (primary N) is 1. The third-order valence-electron chi connectivity index (χ3n) is 5.30. The number of hydrogen-bond acceptors (Lipinski definition) is 5. The van der Waals surface area contributed by atoms with Crippen molar-refractivity contribution in [3.8, 4) is 11.1 Å². The fraction of sp³-hybridized carbons (Fsp3) is 0.231. The van der Waals surface area contributed by atoms with Crippen LogP contribution in [-0.2, 0) is 26.3 Å². The van der Waals surface area contributed by atoms with Crippen LogP contribution < -0.4 is 20.5 Å². The van der Waals surface area contributed by atoms with Gasteiger partial charge in [-0.2, -0.15) is 8.42 Å². The summed E-state index contributed by atoms with van der Waals surface area (Å²) in [5, 5.41) is 10.4. The topological polar surface area (TPSA) is 140 Å². The summed E-state index contributed by atoms with van der Waals surface area (Å²) >= 11 is 0. The van der Waals surface area contributed by atoms with Gasteiger partial charge in [0.15, 0.2) is 0 Å². The molecule has 0 spiro atoms. The van der Waals surface area contributed by atoms with Crippen LogP contribution in [0.5, 0.6) is 0 Å². The summed E-state index contributed by atoms with van der Waals surface area (Å²) < 4.78 is 29.5. The normalized spacial score (nSPS) is 11.9. The molecule has 0 aliphatic carbocycles. The van der Waals surface area contributed by atoms with Gasteiger partial charge in [0.1, 0.15) is 12.6 Å². The van der Waals surface area contributed by atoms with Crippen LogP contribution in [0.1, 0.15) is 24.8 Å². The Morgan fingerprint density at radius 2 is 1.44 bits per heavy atom. The number of hydrogen-bond donors (Lipinski definition) is 4. The second-order valence-corrected chi connectivity index (χ2v) is 9.51. The van der Waals surface area contributed by atoms with E-state index in [9.17, 15) is 18.0 Å². The molecule has 0 heterocycles. The van der Waals surface area contributed by atoms with E-state index in [1.54, 1.807) is 12.1 Å². The fourth-order valence-corrected chi connectivity index (χ4v) is 3.90. The molecule has 1 atom stereocenters. The van der Waals surface area contributed by atoms with Gasteiger partial charge in [0.25, 0.3) is 10.2 Å². The zero-order valence-corrected chi connectivity index (χ0v) is 20.5. The minimum Gasteiger partial charge on any atom is -0.445 e. The molecule has 0 fully saturated rings. The number of benzene rings is 3. The van der Waals surface area contributed by atoms with Gasteiger partial charge < -0.3 is 15.4 Å². The Hall–Kier alpha value is -3.73. The number of carbonyl (C=O) groups is 2. The zero-order chi connectivity index (χ0) is 25.8. The van der Waals surface area contributed by atoms with Gasteiger partial charge >= 0.3 is 6.09 Å². The van der Waals surface area contributed by atoms with Gasteiger partial charge in [0, 0.05) is 12.2 Å². The molecule has 0 aliphatic rings. The summed E-state index contributed by atoms with van der Waals surface area (Å²) in [5.41, 5.74) is 3.47. The largest absolute Gasteiger partial charge is 0.445 e. The van der Waals surface area contributed by atoms with Crippen molar-refractivity contribution < 1.29 is 22.7 Å². The quantitative estimate of drug-likeness (QED) is 0.276. The van der Waals surface area contributed by atoms with Crippen LogP contribution in [0.15, 0.2) is 84.9 Å². The lowest BCUT2D eigenvalue weighted by molar-refractivity contribution is -0.118. The first-order chi connectivity index (χ1) is 17.3. The second-order valence-electron chi connectivity index (χ2n) is 8.13. The summed E-state index contributed by atoms with van der Waals surface area (Å²) in [6, 6.07) is 25.6. The molecule has 190 valence electrons. The molecule has 3 aromatic rings. The SMILES string of the molecule is NS(=O)(=O)NCCCC[C@@H](NC(=O)OCc1ccccc1)C(=O)Nc1ccc(-c2ccccc2)cc1. The van der Waals surface area contributed by atoms with E-state index >= 15 is 0 Å². The molecule has 0 unspecified atom stereocenters. The lowest BCUT2D eigenvalue weighted by Crippen LogP contribution is -2.44. The predicted octanol–water partition coefficient (Wildman–Crippen LogP) is 3.55. The molecule has 0 bridgehead atoms. The van der Waals surface area contributed by atoms with Gasteiger partial charge in [-0.1, -0.05) is 72.8 Å².